The number of aromatic nitrogens is 2. The number of rotatable bonds is 4. The number of amides is 1. The first-order valence-corrected chi connectivity index (χ1v) is 6.55. The Bertz CT molecular complexity index is 618. The largest absolute Gasteiger partial charge is 0.337 e. The number of carbonyl (C=O) groups excluding carboxylic acids is 1. The Morgan fingerprint density at radius 1 is 1.40 bits per heavy atom. The number of aryl methyl sites for hydroxylation is 2. The van der Waals surface area contributed by atoms with E-state index in [9.17, 15) is 4.79 Å². The van der Waals surface area contributed by atoms with Crippen molar-refractivity contribution in [2.75, 3.05) is 7.05 Å². The first kappa shape index (κ1) is 14.3. The zero-order valence-corrected chi connectivity index (χ0v) is 12.1. The molecule has 0 aliphatic carbocycles. The van der Waals surface area contributed by atoms with Crippen LogP contribution in [0.3, 0.4) is 0 Å². The molecule has 1 heterocycles. The van der Waals surface area contributed by atoms with E-state index in [1.165, 1.54) is 0 Å². The van der Waals surface area contributed by atoms with Gasteiger partial charge in [-0.15, -0.1) is 0 Å². The quantitative estimate of drug-likeness (QED) is 0.916. The molecule has 1 amide bonds. The van der Waals surface area contributed by atoms with Crippen molar-refractivity contribution in [1.29, 1.82) is 0 Å². The van der Waals surface area contributed by atoms with Crippen molar-refractivity contribution in [1.82, 2.24) is 14.7 Å². The molecule has 2 N–H and O–H groups in total. The van der Waals surface area contributed by atoms with E-state index in [0.29, 0.717) is 18.7 Å². The average molecular weight is 272 g/mol. The molecule has 0 fully saturated rings. The molecule has 0 aliphatic heterocycles. The lowest BCUT2D eigenvalue weighted by atomic mass is 10.1. The SMILES string of the molecule is Cc1nn(C)cc1C(=O)N(C)Cc1cccc(CN)c1. The molecule has 0 bridgehead atoms. The summed E-state index contributed by atoms with van der Waals surface area (Å²) in [4.78, 5) is 14.1. The Morgan fingerprint density at radius 2 is 2.10 bits per heavy atom. The van der Waals surface area contributed by atoms with Crippen LogP contribution in [0, 0.1) is 6.92 Å². The van der Waals surface area contributed by atoms with Crippen LogP contribution in [0.15, 0.2) is 30.5 Å². The fourth-order valence-corrected chi connectivity index (χ4v) is 2.22. The second kappa shape index (κ2) is 5.88. The third-order valence-electron chi connectivity index (χ3n) is 3.24. The lowest BCUT2D eigenvalue weighted by molar-refractivity contribution is 0.0784. The van der Waals surface area contributed by atoms with E-state index in [-0.39, 0.29) is 5.91 Å². The van der Waals surface area contributed by atoms with Gasteiger partial charge in [0.05, 0.1) is 11.3 Å². The second-order valence-corrected chi connectivity index (χ2v) is 4.99. The zero-order chi connectivity index (χ0) is 14.7. The van der Waals surface area contributed by atoms with Crippen molar-refractivity contribution in [3.63, 3.8) is 0 Å². The van der Waals surface area contributed by atoms with Crippen LogP contribution in [0.25, 0.3) is 0 Å². The third-order valence-corrected chi connectivity index (χ3v) is 3.24. The van der Waals surface area contributed by atoms with E-state index in [1.807, 2.05) is 38.2 Å². The summed E-state index contributed by atoms with van der Waals surface area (Å²) in [7, 11) is 3.61. The van der Waals surface area contributed by atoms with Gasteiger partial charge in [0.2, 0.25) is 0 Å². The molecule has 2 aromatic rings. The maximum Gasteiger partial charge on any atom is 0.257 e. The predicted molar refractivity (Wildman–Crippen MR) is 78.1 cm³/mol. The van der Waals surface area contributed by atoms with Crippen LogP contribution in [0.5, 0.6) is 0 Å². The standard InChI is InChI=1S/C15H20N4O/c1-11-14(10-19(3)17-11)15(20)18(2)9-13-6-4-5-12(7-13)8-16/h4-7,10H,8-9,16H2,1-3H3. The van der Waals surface area contributed by atoms with Crippen molar-refractivity contribution in [2.24, 2.45) is 12.8 Å². The lowest BCUT2D eigenvalue weighted by Crippen LogP contribution is -2.26. The van der Waals surface area contributed by atoms with Gasteiger partial charge in [0.25, 0.3) is 5.91 Å². The number of benzene rings is 1. The molecule has 0 unspecified atom stereocenters. The average Bonchev–Trinajstić information content (AvgIpc) is 2.77. The van der Waals surface area contributed by atoms with E-state index in [2.05, 4.69) is 5.10 Å². The molecule has 0 aliphatic rings. The van der Waals surface area contributed by atoms with Gasteiger partial charge in [-0.25, -0.2) is 0 Å². The van der Waals surface area contributed by atoms with Crippen molar-refractivity contribution in [3.05, 3.63) is 52.8 Å². The van der Waals surface area contributed by atoms with Crippen molar-refractivity contribution < 1.29 is 4.79 Å². The van der Waals surface area contributed by atoms with Gasteiger partial charge in [0.15, 0.2) is 0 Å². The molecule has 106 valence electrons. The minimum atomic E-state index is -0.0197. The number of nitrogens with zero attached hydrogens (tertiary/aromatic N) is 3. The highest BCUT2D eigenvalue weighted by atomic mass is 16.2. The molecule has 2 rings (SSSR count). The Kier molecular flexibility index (Phi) is 4.20. The van der Waals surface area contributed by atoms with Crippen LogP contribution in [-0.4, -0.2) is 27.6 Å². The minimum absolute atomic E-state index is 0.0197. The van der Waals surface area contributed by atoms with Crippen molar-refractivity contribution >= 4 is 5.91 Å². The molecule has 0 radical (unpaired) electrons. The molecule has 5 heteroatoms. The monoisotopic (exact) mass is 272 g/mol. The molecular formula is C15H20N4O. The number of carbonyl (C=O) groups is 1. The maximum atomic E-state index is 12.4. The van der Waals surface area contributed by atoms with Crippen LogP contribution < -0.4 is 5.73 Å². The molecule has 5 nitrogen and oxygen atoms in total. The molecular weight excluding hydrogens is 252 g/mol. The summed E-state index contributed by atoms with van der Waals surface area (Å²) < 4.78 is 1.66. The van der Waals surface area contributed by atoms with Crippen molar-refractivity contribution in [3.8, 4) is 0 Å². The van der Waals surface area contributed by atoms with Gasteiger partial charge >= 0.3 is 0 Å². The fraction of sp³-hybridized carbons (Fsp3) is 0.333. The smallest absolute Gasteiger partial charge is 0.257 e. The van der Waals surface area contributed by atoms with Gasteiger partial charge in [-0.1, -0.05) is 24.3 Å². The number of hydrogen-bond donors (Lipinski definition) is 1. The van der Waals surface area contributed by atoms with Crippen LogP contribution in [0.4, 0.5) is 0 Å². The summed E-state index contributed by atoms with van der Waals surface area (Å²) in [6.45, 7) is 2.91. The highest BCUT2D eigenvalue weighted by Crippen LogP contribution is 2.12. The Balaban J connectivity index is 2.13. The van der Waals surface area contributed by atoms with E-state index < -0.39 is 0 Å². The van der Waals surface area contributed by atoms with Crippen LogP contribution in [0.1, 0.15) is 27.2 Å². The Morgan fingerprint density at radius 3 is 2.70 bits per heavy atom. The maximum absolute atomic E-state index is 12.4. The molecule has 1 aromatic heterocycles. The first-order valence-electron chi connectivity index (χ1n) is 6.55. The fourth-order valence-electron chi connectivity index (χ4n) is 2.22. The normalized spacial score (nSPS) is 10.6. The minimum Gasteiger partial charge on any atom is -0.337 e. The summed E-state index contributed by atoms with van der Waals surface area (Å²) in [6.07, 6.45) is 1.75. The van der Waals surface area contributed by atoms with Crippen LogP contribution in [0.2, 0.25) is 0 Å². The van der Waals surface area contributed by atoms with E-state index in [4.69, 9.17) is 5.73 Å². The van der Waals surface area contributed by atoms with E-state index in [1.54, 1.807) is 22.8 Å². The predicted octanol–water partition coefficient (Wildman–Crippen LogP) is 1.46. The van der Waals surface area contributed by atoms with Gasteiger partial charge in [-0.05, 0) is 18.1 Å². The Hall–Kier alpha value is -2.14. The number of hydrogen-bond acceptors (Lipinski definition) is 3. The van der Waals surface area contributed by atoms with Gasteiger partial charge in [-0.2, -0.15) is 5.10 Å². The topological polar surface area (TPSA) is 64.2 Å². The first-order chi connectivity index (χ1) is 9.51. The molecule has 1 aromatic carbocycles. The van der Waals surface area contributed by atoms with E-state index in [0.717, 1.165) is 16.8 Å². The van der Waals surface area contributed by atoms with Crippen LogP contribution in [-0.2, 0) is 20.1 Å². The zero-order valence-electron chi connectivity index (χ0n) is 12.1. The summed E-state index contributed by atoms with van der Waals surface area (Å²) in [6, 6.07) is 7.97. The molecule has 0 spiro atoms. The lowest BCUT2D eigenvalue weighted by Gasteiger charge is -2.17. The van der Waals surface area contributed by atoms with Crippen molar-refractivity contribution in [2.45, 2.75) is 20.0 Å². The van der Waals surface area contributed by atoms with Gasteiger partial charge in [0.1, 0.15) is 0 Å². The summed E-state index contributed by atoms with van der Waals surface area (Å²) in [5, 5.41) is 4.20. The summed E-state index contributed by atoms with van der Waals surface area (Å²) in [5.74, 6) is -0.0197. The molecule has 0 saturated carbocycles. The van der Waals surface area contributed by atoms with Crippen LogP contribution >= 0.6 is 0 Å². The highest BCUT2D eigenvalue weighted by Gasteiger charge is 2.17. The third kappa shape index (κ3) is 3.05. The van der Waals surface area contributed by atoms with Gasteiger partial charge in [0, 0.05) is 33.4 Å². The number of nitrogens with two attached hydrogens (primary N) is 1. The summed E-state index contributed by atoms with van der Waals surface area (Å²) in [5.41, 5.74) is 9.17. The molecule has 0 saturated heterocycles. The van der Waals surface area contributed by atoms with Gasteiger partial charge in [-0.3, -0.25) is 9.48 Å². The Labute approximate surface area is 119 Å². The summed E-state index contributed by atoms with van der Waals surface area (Å²) >= 11 is 0. The molecule has 20 heavy (non-hydrogen) atoms. The second-order valence-electron chi connectivity index (χ2n) is 4.99. The molecule has 0 atom stereocenters. The van der Waals surface area contributed by atoms with Gasteiger partial charge < -0.3 is 10.6 Å². The van der Waals surface area contributed by atoms with E-state index >= 15 is 0 Å². The highest BCUT2D eigenvalue weighted by molar-refractivity contribution is 5.94.